The van der Waals surface area contributed by atoms with Gasteiger partial charge in [-0.1, -0.05) is 18.2 Å². The van der Waals surface area contributed by atoms with Gasteiger partial charge in [0.05, 0.1) is 24.6 Å². The Morgan fingerprint density at radius 1 is 1.02 bits per heavy atom. The first-order valence-electron chi connectivity index (χ1n) is 14.2. The zero-order valence-electron chi connectivity index (χ0n) is 24.9. The third-order valence-corrected chi connectivity index (χ3v) is 6.20. The molecule has 1 fully saturated rings. The van der Waals surface area contributed by atoms with Crippen LogP contribution >= 0.6 is 0 Å². The molecular weight excluding hydrogens is 524 g/mol. The fraction of sp³-hybridized carbons (Fsp3) is 0.533. The standard InChI is InChI=1S/C30H44N6O5/c1-22(2)32-28(38)36(15-9-8-14-35-16-18-40-19-17-35)21-23-12-13-26(31-20-23)27(37)33-24-10-6-7-11-25(24)34-29(39)41-30(3,4)5/h6-7,10-13,20,22H,8-9,14-19,21H2,1-5H3,(H,32,38)(H,33,37)(H,34,39). The van der Waals surface area contributed by atoms with Crippen LogP contribution in [0.5, 0.6) is 0 Å². The van der Waals surface area contributed by atoms with E-state index in [-0.39, 0.29) is 17.8 Å². The van der Waals surface area contributed by atoms with E-state index in [0.717, 1.165) is 51.3 Å². The summed E-state index contributed by atoms with van der Waals surface area (Å²) in [5.74, 6) is -0.424. The highest BCUT2D eigenvalue weighted by Gasteiger charge is 2.19. The highest BCUT2D eigenvalue weighted by molar-refractivity contribution is 6.05. The number of unbranched alkanes of at least 4 members (excludes halogenated alkanes) is 1. The SMILES string of the molecule is CC(C)NC(=O)N(CCCCN1CCOCC1)Cc1ccc(C(=O)Nc2ccccc2NC(=O)OC(C)(C)C)nc1. The summed E-state index contributed by atoms with van der Waals surface area (Å²) >= 11 is 0. The molecule has 0 atom stereocenters. The van der Waals surface area contributed by atoms with E-state index in [0.29, 0.717) is 24.5 Å². The number of morpholine rings is 1. The molecule has 224 valence electrons. The van der Waals surface area contributed by atoms with Gasteiger partial charge >= 0.3 is 12.1 Å². The molecule has 11 heteroatoms. The topological polar surface area (TPSA) is 125 Å². The van der Waals surface area contributed by atoms with Crippen molar-refractivity contribution in [1.82, 2.24) is 20.1 Å². The number of pyridine rings is 1. The van der Waals surface area contributed by atoms with E-state index in [1.54, 1.807) is 68.3 Å². The second kappa shape index (κ2) is 15.3. The van der Waals surface area contributed by atoms with E-state index in [4.69, 9.17) is 9.47 Å². The monoisotopic (exact) mass is 568 g/mol. The summed E-state index contributed by atoms with van der Waals surface area (Å²) in [4.78, 5) is 46.6. The fourth-order valence-corrected chi connectivity index (χ4v) is 4.23. The lowest BCUT2D eigenvalue weighted by molar-refractivity contribution is 0.0369. The Morgan fingerprint density at radius 2 is 1.71 bits per heavy atom. The van der Waals surface area contributed by atoms with Crippen molar-refractivity contribution < 1.29 is 23.9 Å². The van der Waals surface area contributed by atoms with Crippen LogP contribution in [0.3, 0.4) is 0 Å². The van der Waals surface area contributed by atoms with Gasteiger partial charge in [-0.3, -0.25) is 20.0 Å². The fourth-order valence-electron chi connectivity index (χ4n) is 4.23. The Balaban J connectivity index is 1.58. The number of anilines is 2. The predicted molar refractivity (Wildman–Crippen MR) is 159 cm³/mol. The summed E-state index contributed by atoms with van der Waals surface area (Å²) in [7, 11) is 0. The van der Waals surface area contributed by atoms with Gasteiger partial charge in [-0.15, -0.1) is 0 Å². The largest absolute Gasteiger partial charge is 0.444 e. The van der Waals surface area contributed by atoms with Crippen LogP contribution in [-0.2, 0) is 16.0 Å². The van der Waals surface area contributed by atoms with Gasteiger partial charge in [0, 0.05) is 38.4 Å². The predicted octanol–water partition coefficient (Wildman–Crippen LogP) is 4.71. The van der Waals surface area contributed by atoms with E-state index in [2.05, 4.69) is 25.8 Å². The number of hydrogen-bond acceptors (Lipinski definition) is 7. The zero-order chi connectivity index (χ0) is 29.8. The minimum Gasteiger partial charge on any atom is -0.444 e. The summed E-state index contributed by atoms with van der Waals surface area (Å²) in [5, 5.41) is 8.45. The van der Waals surface area contributed by atoms with Gasteiger partial charge in [0.1, 0.15) is 11.3 Å². The maximum atomic E-state index is 12.9. The molecule has 0 unspecified atom stereocenters. The molecule has 4 amide bonds. The number of carbonyl (C=O) groups excluding carboxylic acids is 3. The molecule has 3 N–H and O–H groups in total. The van der Waals surface area contributed by atoms with Crippen LogP contribution < -0.4 is 16.0 Å². The van der Waals surface area contributed by atoms with Gasteiger partial charge in [0.2, 0.25) is 0 Å². The number of hydrogen-bond donors (Lipinski definition) is 3. The van der Waals surface area contributed by atoms with Crippen molar-refractivity contribution in [2.24, 2.45) is 0 Å². The molecule has 2 aromatic rings. The zero-order valence-corrected chi connectivity index (χ0v) is 24.9. The molecular formula is C30H44N6O5. The van der Waals surface area contributed by atoms with E-state index < -0.39 is 17.6 Å². The first kappa shape index (κ1) is 31.8. The Bertz CT molecular complexity index is 1140. The van der Waals surface area contributed by atoms with Gasteiger partial charge in [-0.2, -0.15) is 0 Å². The molecule has 1 saturated heterocycles. The lowest BCUT2D eigenvalue weighted by atomic mass is 10.2. The number of nitrogens with one attached hydrogen (secondary N) is 3. The van der Waals surface area contributed by atoms with Crippen LogP contribution in [-0.4, -0.2) is 83.9 Å². The van der Waals surface area contributed by atoms with Crippen LogP contribution in [0.4, 0.5) is 21.0 Å². The van der Waals surface area contributed by atoms with Gasteiger partial charge in [-0.05, 0) is 77.8 Å². The van der Waals surface area contributed by atoms with Crippen molar-refractivity contribution in [3.63, 3.8) is 0 Å². The first-order chi connectivity index (χ1) is 19.5. The maximum Gasteiger partial charge on any atom is 0.412 e. The minimum absolute atomic E-state index is 0.0234. The molecule has 1 aliphatic heterocycles. The number of rotatable bonds is 11. The normalized spacial score (nSPS) is 13.9. The van der Waals surface area contributed by atoms with Crippen LogP contribution in [0.15, 0.2) is 42.6 Å². The van der Waals surface area contributed by atoms with Gasteiger partial charge < -0.3 is 25.0 Å². The lowest BCUT2D eigenvalue weighted by Crippen LogP contribution is -2.43. The number of amides is 4. The van der Waals surface area contributed by atoms with Crippen molar-refractivity contribution >= 4 is 29.4 Å². The number of nitrogens with zero attached hydrogens (tertiary/aromatic N) is 3. The molecule has 3 rings (SSSR count). The lowest BCUT2D eigenvalue weighted by Gasteiger charge is -2.27. The van der Waals surface area contributed by atoms with E-state index in [1.807, 2.05) is 13.8 Å². The summed E-state index contributed by atoms with van der Waals surface area (Å²) < 4.78 is 10.7. The number of aromatic nitrogens is 1. The molecule has 0 spiro atoms. The highest BCUT2D eigenvalue weighted by atomic mass is 16.6. The van der Waals surface area contributed by atoms with Crippen LogP contribution in [0.1, 0.15) is 63.5 Å². The molecule has 0 aliphatic carbocycles. The molecule has 1 aliphatic rings. The Labute approximate surface area is 243 Å². The van der Waals surface area contributed by atoms with Crippen molar-refractivity contribution in [3.8, 4) is 0 Å². The molecule has 1 aromatic heterocycles. The molecule has 0 saturated carbocycles. The third-order valence-electron chi connectivity index (χ3n) is 6.20. The second-order valence-electron chi connectivity index (χ2n) is 11.4. The Hall–Kier alpha value is -3.70. The average molecular weight is 569 g/mol. The number of para-hydroxylation sites is 2. The highest BCUT2D eigenvalue weighted by Crippen LogP contribution is 2.23. The maximum absolute atomic E-state index is 12.9. The number of carbonyl (C=O) groups is 3. The average Bonchev–Trinajstić information content (AvgIpc) is 2.91. The van der Waals surface area contributed by atoms with Crippen LogP contribution in [0.25, 0.3) is 0 Å². The smallest absolute Gasteiger partial charge is 0.412 e. The molecule has 41 heavy (non-hydrogen) atoms. The second-order valence-corrected chi connectivity index (χ2v) is 11.4. The van der Waals surface area contributed by atoms with Crippen molar-refractivity contribution in [1.29, 1.82) is 0 Å². The molecule has 2 heterocycles. The molecule has 0 bridgehead atoms. The first-order valence-corrected chi connectivity index (χ1v) is 14.2. The minimum atomic E-state index is -0.651. The van der Waals surface area contributed by atoms with Crippen molar-refractivity contribution in [3.05, 3.63) is 53.9 Å². The number of ether oxygens (including phenoxy) is 2. The van der Waals surface area contributed by atoms with Crippen LogP contribution in [0, 0.1) is 0 Å². The van der Waals surface area contributed by atoms with Crippen LogP contribution in [0.2, 0.25) is 0 Å². The Kier molecular flexibility index (Phi) is 11.9. The third kappa shape index (κ3) is 11.4. The molecule has 0 radical (unpaired) electrons. The summed E-state index contributed by atoms with van der Waals surface area (Å²) in [6, 6.07) is 10.2. The summed E-state index contributed by atoms with van der Waals surface area (Å²) in [6.07, 6.45) is 2.87. The number of benzene rings is 1. The van der Waals surface area contributed by atoms with Crippen molar-refractivity contribution in [2.75, 3.05) is 50.0 Å². The summed E-state index contributed by atoms with van der Waals surface area (Å²) in [5.41, 5.74) is 1.21. The molecule has 11 nitrogen and oxygen atoms in total. The van der Waals surface area contributed by atoms with E-state index in [9.17, 15) is 14.4 Å². The quantitative estimate of drug-likeness (QED) is 0.335. The Morgan fingerprint density at radius 3 is 2.32 bits per heavy atom. The molecule has 1 aromatic carbocycles. The van der Waals surface area contributed by atoms with Gasteiger partial charge in [-0.25, -0.2) is 9.59 Å². The number of urea groups is 1. The van der Waals surface area contributed by atoms with Gasteiger partial charge in [0.15, 0.2) is 0 Å². The van der Waals surface area contributed by atoms with Gasteiger partial charge in [0.25, 0.3) is 5.91 Å². The van der Waals surface area contributed by atoms with E-state index in [1.165, 1.54) is 0 Å². The van der Waals surface area contributed by atoms with E-state index >= 15 is 0 Å². The van der Waals surface area contributed by atoms with Crippen molar-refractivity contribution in [2.45, 2.75) is 65.6 Å². The summed E-state index contributed by atoms with van der Waals surface area (Å²) in [6.45, 7) is 14.7.